The Morgan fingerprint density at radius 1 is 1.26 bits per heavy atom. The summed E-state index contributed by atoms with van der Waals surface area (Å²) >= 11 is 0. The highest BCUT2D eigenvalue weighted by atomic mass is 19.1. The van der Waals surface area contributed by atoms with Gasteiger partial charge in [0, 0.05) is 41.8 Å². The first kappa shape index (κ1) is 22.9. The summed E-state index contributed by atoms with van der Waals surface area (Å²) in [6.07, 6.45) is 5.60. The number of anilines is 2. The van der Waals surface area contributed by atoms with Crippen LogP contribution < -0.4 is 16.0 Å². The van der Waals surface area contributed by atoms with E-state index in [-0.39, 0.29) is 24.2 Å². The van der Waals surface area contributed by atoms with Gasteiger partial charge in [-0.1, -0.05) is 6.07 Å². The van der Waals surface area contributed by atoms with Gasteiger partial charge in [-0.2, -0.15) is 5.10 Å². The predicted octanol–water partition coefficient (Wildman–Crippen LogP) is 3.30. The summed E-state index contributed by atoms with van der Waals surface area (Å²) in [5.41, 5.74) is 4.52. The smallest absolute Gasteiger partial charge is 0.251 e. The molecule has 0 spiro atoms. The molecule has 0 aliphatic heterocycles. The van der Waals surface area contributed by atoms with Gasteiger partial charge in [0.25, 0.3) is 5.91 Å². The van der Waals surface area contributed by atoms with Crippen LogP contribution in [0.1, 0.15) is 51.8 Å². The van der Waals surface area contributed by atoms with E-state index in [1.165, 1.54) is 24.7 Å². The fourth-order valence-corrected chi connectivity index (χ4v) is 3.92. The van der Waals surface area contributed by atoms with Crippen molar-refractivity contribution in [1.82, 2.24) is 30.2 Å². The zero-order valence-electron chi connectivity index (χ0n) is 19.4. The normalized spacial score (nSPS) is 14.2. The lowest BCUT2D eigenvalue weighted by Gasteiger charge is -2.13. The van der Waals surface area contributed by atoms with Gasteiger partial charge in [0.2, 0.25) is 0 Å². The molecule has 1 aromatic carbocycles. The molecular formula is C25H26FN7O2. The maximum absolute atomic E-state index is 13.9. The summed E-state index contributed by atoms with van der Waals surface area (Å²) < 4.78 is 15.5. The van der Waals surface area contributed by atoms with Gasteiger partial charge in [-0.3, -0.25) is 15.1 Å². The molecular weight excluding hydrogens is 449 g/mol. The van der Waals surface area contributed by atoms with Crippen molar-refractivity contribution in [1.29, 1.82) is 0 Å². The minimum Gasteiger partial charge on any atom is -0.374 e. The number of amides is 1. The number of aliphatic hydroxyl groups is 1. The Hall–Kier alpha value is -3.89. The second kappa shape index (κ2) is 9.40. The molecule has 1 saturated carbocycles. The van der Waals surface area contributed by atoms with Crippen LogP contribution in [-0.4, -0.2) is 36.6 Å². The molecule has 3 heterocycles. The SMILES string of the molecule is Cc1ccc(C(=O)NC2CC2)cc1Nc1ncnn2cc(C(O)NCc3ncccc3F)c(C)c12. The second-order valence-corrected chi connectivity index (χ2v) is 8.73. The molecule has 10 heteroatoms. The summed E-state index contributed by atoms with van der Waals surface area (Å²) in [4.78, 5) is 20.9. The zero-order valence-corrected chi connectivity index (χ0v) is 19.4. The van der Waals surface area contributed by atoms with Crippen LogP contribution in [0.15, 0.2) is 49.1 Å². The zero-order chi connectivity index (χ0) is 24.5. The maximum Gasteiger partial charge on any atom is 0.251 e. The lowest BCUT2D eigenvalue weighted by molar-refractivity contribution is 0.0951. The lowest BCUT2D eigenvalue weighted by Crippen LogP contribution is -2.25. The fraction of sp³-hybridized carbons (Fsp3) is 0.280. The quantitative estimate of drug-likeness (QED) is 0.289. The van der Waals surface area contributed by atoms with Gasteiger partial charge in [-0.25, -0.2) is 13.9 Å². The molecule has 1 unspecified atom stereocenters. The minimum atomic E-state index is -1.07. The van der Waals surface area contributed by atoms with Crippen molar-refractivity contribution in [3.8, 4) is 0 Å². The average Bonchev–Trinajstić information content (AvgIpc) is 3.60. The Kier molecular flexibility index (Phi) is 6.14. The molecule has 180 valence electrons. The Bertz CT molecular complexity index is 1400. The van der Waals surface area contributed by atoms with Crippen LogP contribution in [0.25, 0.3) is 5.52 Å². The number of nitrogens with zero attached hydrogens (tertiary/aromatic N) is 4. The minimum absolute atomic E-state index is 0.0607. The average molecular weight is 476 g/mol. The van der Waals surface area contributed by atoms with E-state index in [0.29, 0.717) is 22.5 Å². The van der Waals surface area contributed by atoms with E-state index in [4.69, 9.17) is 0 Å². The molecule has 5 rings (SSSR count). The summed E-state index contributed by atoms with van der Waals surface area (Å²) in [5, 5.41) is 24.3. The number of aromatic nitrogens is 4. The highest BCUT2D eigenvalue weighted by Crippen LogP contribution is 2.29. The van der Waals surface area contributed by atoms with E-state index in [1.54, 1.807) is 16.8 Å². The van der Waals surface area contributed by atoms with Crippen LogP contribution in [0, 0.1) is 19.7 Å². The number of pyridine rings is 1. The number of fused-ring (bicyclic) bond motifs is 1. The third-order valence-electron chi connectivity index (χ3n) is 6.12. The van der Waals surface area contributed by atoms with Gasteiger partial charge in [-0.15, -0.1) is 0 Å². The van der Waals surface area contributed by atoms with E-state index in [2.05, 4.69) is 31.0 Å². The van der Waals surface area contributed by atoms with Gasteiger partial charge < -0.3 is 15.7 Å². The van der Waals surface area contributed by atoms with Crippen molar-refractivity contribution < 1.29 is 14.3 Å². The molecule has 35 heavy (non-hydrogen) atoms. The van der Waals surface area contributed by atoms with E-state index in [0.717, 1.165) is 29.7 Å². The third-order valence-corrected chi connectivity index (χ3v) is 6.12. The number of rotatable bonds is 8. The van der Waals surface area contributed by atoms with Crippen molar-refractivity contribution in [2.24, 2.45) is 0 Å². The van der Waals surface area contributed by atoms with Crippen molar-refractivity contribution in [3.05, 3.63) is 82.8 Å². The van der Waals surface area contributed by atoms with Crippen LogP contribution in [0.5, 0.6) is 0 Å². The van der Waals surface area contributed by atoms with Crippen molar-refractivity contribution >= 4 is 22.9 Å². The second-order valence-electron chi connectivity index (χ2n) is 8.73. The molecule has 1 fully saturated rings. The Morgan fingerprint density at radius 3 is 2.86 bits per heavy atom. The van der Waals surface area contributed by atoms with Gasteiger partial charge in [0.1, 0.15) is 23.9 Å². The Labute approximate surface area is 201 Å². The number of carbonyl (C=O) groups is 1. The molecule has 0 bridgehead atoms. The van der Waals surface area contributed by atoms with Gasteiger partial charge >= 0.3 is 0 Å². The fourth-order valence-electron chi connectivity index (χ4n) is 3.92. The van der Waals surface area contributed by atoms with Gasteiger partial charge in [0.05, 0.1) is 5.69 Å². The van der Waals surface area contributed by atoms with Crippen LogP contribution in [0.2, 0.25) is 0 Å². The van der Waals surface area contributed by atoms with Crippen LogP contribution in [0.3, 0.4) is 0 Å². The molecule has 0 radical (unpaired) electrons. The number of benzene rings is 1. The van der Waals surface area contributed by atoms with E-state index >= 15 is 0 Å². The van der Waals surface area contributed by atoms with E-state index in [1.807, 2.05) is 26.0 Å². The standard InChI is InChI=1S/C25H26FN7O2/c1-14-5-6-16(24(34)31-17-7-8-17)10-20(14)32-23-22-15(2)18(12-33(22)30-13-29-23)25(35)28-11-21-19(26)4-3-9-27-21/h3-6,9-10,12-13,17,25,28,35H,7-8,11H2,1-2H3,(H,31,34)(H,29,30,32). The number of hydrogen-bond donors (Lipinski definition) is 4. The monoisotopic (exact) mass is 475 g/mol. The molecule has 1 aliphatic rings. The Balaban J connectivity index is 1.40. The Morgan fingerprint density at radius 2 is 2.09 bits per heavy atom. The van der Waals surface area contributed by atoms with Crippen molar-refractivity contribution in [2.45, 2.75) is 45.5 Å². The summed E-state index contributed by atoms with van der Waals surface area (Å²) in [7, 11) is 0. The molecule has 4 aromatic rings. The molecule has 1 atom stereocenters. The molecule has 3 aromatic heterocycles. The van der Waals surface area contributed by atoms with Gasteiger partial charge in [0.15, 0.2) is 5.82 Å². The number of halogens is 1. The summed E-state index contributed by atoms with van der Waals surface area (Å²) in [6.45, 7) is 3.87. The highest BCUT2D eigenvalue weighted by molar-refractivity contribution is 5.96. The molecule has 1 aliphatic carbocycles. The lowest BCUT2D eigenvalue weighted by atomic mass is 10.1. The van der Waals surface area contributed by atoms with Crippen LogP contribution >= 0.6 is 0 Å². The highest BCUT2D eigenvalue weighted by Gasteiger charge is 2.24. The molecule has 9 nitrogen and oxygen atoms in total. The first-order valence-electron chi connectivity index (χ1n) is 11.4. The topological polar surface area (TPSA) is 116 Å². The van der Waals surface area contributed by atoms with E-state index < -0.39 is 12.0 Å². The molecule has 4 N–H and O–H groups in total. The number of carbonyl (C=O) groups excluding carboxylic acids is 1. The first-order valence-corrected chi connectivity index (χ1v) is 11.4. The maximum atomic E-state index is 13.9. The first-order chi connectivity index (χ1) is 16.9. The van der Waals surface area contributed by atoms with Crippen LogP contribution in [-0.2, 0) is 6.54 Å². The molecule has 0 saturated heterocycles. The van der Waals surface area contributed by atoms with Crippen molar-refractivity contribution in [2.75, 3.05) is 5.32 Å². The molecule has 1 amide bonds. The number of aryl methyl sites for hydroxylation is 2. The van der Waals surface area contributed by atoms with Gasteiger partial charge in [-0.05, 0) is 62.1 Å². The summed E-state index contributed by atoms with van der Waals surface area (Å²) in [5.74, 6) is 0.00405. The van der Waals surface area contributed by atoms with E-state index in [9.17, 15) is 14.3 Å². The largest absolute Gasteiger partial charge is 0.374 e. The van der Waals surface area contributed by atoms with Crippen molar-refractivity contribution in [3.63, 3.8) is 0 Å². The number of nitrogens with one attached hydrogen (secondary N) is 3. The number of hydrogen-bond acceptors (Lipinski definition) is 7. The summed E-state index contributed by atoms with van der Waals surface area (Å²) in [6, 6.07) is 8.63. The predicted molar refractivity (Wildman–Crippen MR) is 129 cm³/mol. The van der Waals surface area contributed by atoms with Crippen LogP contribution in [0.4, 0.5) is 15.9 Å². The number of aliphatic hydroxyl groups excluding tert-OH is 1. The third kappa shape index (κ3) is 4.84.